The molecule has 21 heavy (non-hydrogen) atoms. The third-order valence-electron chi connectivity index (χ3n) is 3.68. The summed E-state index contributed by atoms with van der Waals surface area (Å²) in [5, 5.41) is 21.0. The van der Waals surface area contributed by atoms with E-state index >= 15 is 0 Å². The predicted molar refractivity (Wildman–Crippen MR) is 81.5 cm³/mol. The average Bonchev–Trinajstić information content (AvgIpc) is 2.94. The van der Waals surface area contributed by atoms with Gasteiger partial charge in [-0.1, -0.05) is 0 Å². The Morgan fingerprint density at radius 2 is 2.24 bits per heavy atom. The Balaban J connectivity index is 1.59. The highest BCUT2D eigenvalue weighted by molar-refractivity contribution is 5.48. The van der Waals surface area contributed by atoms with Crippen LogP contribution in [0.3, 0.4) is 0 Å². The van der Waals surface area contributed by atoms with Crippen molar-refractivity contribution in [3.8, 4) is 0 Å². The van der Waals surface area contributed by atoms with E-state index in [1.165, 1.54) is 0 Å². The summed E-state index contributed by atoms with van der Waals surface area (Å²) in [6, 6.07) is 3.81. The van der Waals surface area contributed by atoms with E-state index < -0.39 is 6.10 Å². The van der Waals surface area contributed by atoms with Crippen molar-refractivity contribution in [1.29, 1.82) is 0 Å². The van der Waals surface area contributed by atoms with Gasteiger partial charge in [0.1, 0.15) is 5.82 Å². The molecule has 7 heteroatoms. The van der Waals surface area contributed by atoms with Crippen LogP contribution in [0.5, 0.6) is 0 Å². The van der Waals surface area contributed by atoms with E-state index in [-0.39, 0.29) is 0 Å². The molecule has 1 saturated heterocycles. The van der Waals surface area contributed by atoms with Crippen LogP contribution >= 0.6 is 0 Å². The van der Waals surface area contributed by atoms with Crippen LogP contribution in [0.4, 0.5) is 5.82 Å². The molecule has 1 fully saturated rings. The summed E-state index contributed by atoms with van der Waals surface area (Å²) in [6.45, 7) is 7.14. The maximum atomic E-state index is 10.2. The van der Waals surface area contributed by atoms with Crippen LogP contribution in [0, 0.1) is 6.92 Å². The standard InChI is InChI=1S/C14H22N6O/c1-11-8-14(20-13(18-11)2-3-17-20)16-9-12(21)10-19-6-4-15-5-7-19/h2-3,8,12,15-16,21H,4-7,9-10H2,1H3/t12-/m0/s1. The number of nitrogens with one attached hydrogen (secondary N) is 2. The zero-order valence-corrected chi connectivity index (χ0v) is 12.3. The molecular formula is C14H22N6O. The molecule has 0 radical (unpaired) electrons. The van der Waals surface area contributed by atoms with Gasteiger partial charge in [-0.05, 0) is 6.92 Å². The Labute approximate surface area is 124 Å². The number of fused-ring (bicyclic) bond motifs is 1. The van der Waals surface area contributed by atoms with Gasteiger partial charge in [0.25, 0.3) is 0 Å². The fourth-order valence-corrected chi connectivity index (χ4v) is 2.64. The Morgan fingerprint density at radius 1 is 1.43 bits per heavy atom. The molecule has 1 atom stereocenters. The van der Waals surface area contributed by atoms with Crippen LogP contribution < -0.4 is 10.6 Å². The Kier molecular flexibility index (Phi) is 4.33. The highest BCUT2D eigenvalue weighted by Gasteiger charge is 2.14. The number of hydrogen-bond acceptors (Lipinski definition) is 6. The molecule has 0 bridgehead atoms. The number of anilines is 1. The summed E-state index contributed by atoms with van der Waals surface area (Å²) in [7, 11) is 0. The second kappa shape index (κ2) is 6.38. The Hall–Kier alpha value is -1.70. The van der Waals surface area contributed by atoms with E-state index in [0.29, 0.717) is 13.1 Å². The number of aliphatic hydroxyl groups excluding tert-OH is 1. The first-order valence-electron chi connectivity index (χ1n) is 7.39. The van der Waals surface area contributed by atoms with Gasteiger partial charge >= 0.3 is 0 Å². The molecule has 2 aromatic rings. The first kappa shape index (κ1) is 14.2. The first-order valence-corrected chi connectivity index (χ1v) is 7.39. The van der Waals surface area contributed by atoms with Gasteiger partial charge in [-0.2, -0.15) is 9.61 Å². The quantitative estimate of drug-likeness (QED) is 0.703. The second-order valence-corrected chi connectivity index (χ2v) is 5.47. The van der Waals surface area contributed by atoms with Crippen molar-refractivity contribution in [1.82, 2.24) is 24.8 Å². The summed E-state index contributed by atoms with van der Waals surface area (Å²) >= 11 is 0. The van der Waals surface area contributed by atoms with Gasteiger partial charge in [-0.15, -0.1) is 0 Å². The topological polar surface area (TPSA) is 77.7 Å². The number of aromatic nitrogens is 3. The lowest BCUT2D eigenvalue weighted by molar-refractivity contribution is 0.114. The molecular weight excluding hydrogens is 268 g/mol. The van der Waals surface area contributed by atoms with Gasteiger partial charge in [0.15, 0.2) is 5.65 Å². The molecule has 1 aliphatic rings. The van der Waals surface area contributed by atoms with Crippen molar-refractivity contribution in [2.75, 3.05) is 44.6 Å². The van der Waals surface area contributed by atoms with Gasteiger partial charge in [-0.25, -0.2) is 4.98 Å². The predicted octanol–water partition coefficient (Wildman–Crippen LogP) is -0.284. The van der Waals surface area contributed by atoms with Crippen LogP contribution in [-0.4, -0.2) is 70.0 Å². The lowest BCUT2D eigenvalue weighted by Gasteiger charge is -2.29. The van der Waals surface area contributed by atoms with Gasteiger partial charge in [-0.3, -0.25) is 4.90 Å². The maximum Gasteiger partial charge on any atom is 0.157 e. The van der Waals surface area contributed by atoms with E-state index in [4.69, 9.17) is 0 Å². The highest BCUT2D eigenvalue weighted by atomic mass is 16.3. The van der Waals surface area contributed by atoms with Crippen LogP contribution in [0.2, 0.25) is 0 Å². The molecule has 0 saturated carbocycles. The lowest BCUT2D eigenvalue weighted by atomic mass is 10.2. The molecule has 0 spiro atoms. The molecule has 3 N–H and O–H groups in total. The highest BCUT2D eigenvalue weighted by Crippen LogP contribution is 2.11. The maximum absolute atomic E-state index is 10.2. The van der Waals surface area contributed by atoms with Crippen LogP contribution in [0.25, 0.3) is 5.65 Å². The Bertz CT molecular complexity index is 592. The summed E-state index contributed by atoms with van der Waals surface area (Å²) in [6.07, 6.45) is 1.33. The molecule has 3 rings (SSSR count). The van der Waals surface area contributed by atoms with Gasteiger partial charge < -0.3 is 15.7 Å². The summed E-state index contributed by atoms with van der Waals surface area (Å²) in [5.74, 6) is 0.863. The smallest absolute Gasteiger partial charge is 0.157 e. The second-order valence-electron chi connectivity index (χ2n) is 5.47. The fraction of sp³-hybridized carbons (Fsp3) is 0.571. The fourth-order valence-electron chi connectivity index (χ4n) is 2.64. The molecule has 0 unspecified atom stereocenters. The van der Waals surface area contributed by atoms with E-state index in [0.717, 1.165) is 43.3 Å². The lowest BCUT2D eigenvalue weighted by Crippen LogP contribution is -2.47. The van der Waals surface area contributed by atoms with Crippen molar-refractivity contribution in [2.24, 2.45) is 0 Å². The molecule has 0 aromatic carbocycles. The van der Waals surface area contributed by atoms with Gasteiger partial charge in [0.2, 0.25) is 0 Å². The molecule has 114 valence electrons. The Morgan fingerprint density at radius 3 is 3.05 bits per heavy atom. The monoisotopic (exact) mass is 290 g/mol. The van der Waals surface area contributed by atoms with Crippen molar-refractivity contribution < 1.29 is 5.11 Å². The number of hydrogen-bond donors (Lipinski definition) is 3. The third kappa shape index (κ3) is 3.49. The number of rotatable bonds is 5. The summed E-state index contributed by atoms with van der Waals surface area (Å²) in [5.41, 5.74) is 1.75. The zero-order chi connectivity index (χ0) is 14.7. The normalized spacial score (nSPS) is 18.0. The molecule has 7 nitrogen and oxygen atoms in total. The minimum absolute atomic E-state index is 0.401. The molecule has 0 amide bonds. The zero-order valence-electron chi connectivity index (χ0n) is 12.3. The van der Waals surface area contributed by atoms with Crippen molar-refractivity contribution in [3.63, 3.8) is 0 Å². The third-order valence-corrected chi connectivity index (χ3v) is 3.68. The number of piperazine rings is 1. The van der Waals surface area contributed by atoms with Crippen LogP contribution in [0.1, 0.15) is 5.69 Å². The summed E-state index contributed by atoms with van der Waals surface area (Å²) < 4.78 is 1.75. The number of aryl methyl sites for hydroxylation is 1. The van der Waals surface area contributed by atoms with Crippen molar-refractivity contribution >= 4 is 11.5 Å². The van der Waals surface area contributed by atoms with E-state index in [2.05, 4.69) is 25.6 Å². The molecule has 3 heterocycles. The minimum Gasteiger partial charge on any atom is -0.390 e. The summed E-state index contributed by atoms with van der Waals surface area (Å²) in [4.78, 5) is 6.68. The van der Waals surface area contributed by atoms with E-state index in [1.807, 2.05) is 19.1 Å². The number of nitrogens with zero attached hydrogens (tertiary/aromatic N) is 4. The van der Waals surface area contributed by atoms with Crippen LogP contribution in [0.15, 0.2) is 18.3 Å². The molecule has 2 aromatic heterocycles. The van der Waals surface area contributed by atoms with Crippen molar-refractivity contribution in [3.05, 3.63) is 24.0 Å². The average molecular weight is 290 g/mol. The number of aliphatic hydroxyl groups is 1. The van der Waals surface area contributed by atoms with E-state index in [9.17, 15) is 5.11 Å². The molecule has 1 aliphatic heterocycles. The largest absolute Gasteiger partial charge is 0.390 e. The van der Waals surface area contributed by atoms with Crippen LogP contribution in [-0.2, 0) is 0 Å². The van der Waals surface area contributed by atoms with Gasteiger partial charge in [0.05, 0.1) is 12.3 Å². The van der Waals surface area contributed by atoms with Crippen molar-refractivity contribution in [2.45, 2.75) is 13.0 Å². The van der Waals surface area contributed by atoms with Gasteiger partial charge in [0, 0.05) is 57.1 Å². The van der Waals surface area contributed by atoms with E-state index in [1.54, 1.807) is 10.7 Å². The minimum atomic E-state index is -0.401. The first-order chi connectivity index (χ1) is 10.2. The number of β-amino-alcohol motifs (C(OH)–C–C–N with tert-alkyl or cyclic N) is 1. The molecule has 0 aliphatic carbocycles. The SMILES string of the molecule is Cc1cc(NC[C@H](O)CN2CCNCC2)n2nccc2n1.